The van der Waals surface area contributed by atoms with E-state index in [2.05, 4.69) is 21.0 Å². The lowest BCUT2D eigenvalue weighted by molar-refractivity contribution is -0.0101. The molecule has 1 unspecified atom stereocenters. The van der Waals surface area contributed by atoms with Crippen LogP contribution in [0, 0.1) is 0 Å². The molecule has 88 valence electrons. The average Bonchev–Trinajstić information content (AvgIpc) is 2.74. The summed E-state index contributed by atoms with van der Waals surface area (Å²) in [6.07, 6.45) is 1.72. The number of nitrogens with zero attached hydrogens (tertiary/aromatic N) is 3. The van der Waals surface area contributed by atoms with Crippen molar-refractivity contribution in [3.05, 3.63) is 18.0 Å². The molecular formula is C10H14BrN3O2. The Balaban J connectivity index is 2.07. The van der Waals surface area contributed by atoms with Crippen LogP contribution in [0.4, 0.5) is 0 Å². The molecule has 0 N–H and O–H groups in total. The Kier molecular flexibility index (Phi) is 3.60. The van der Waals surface area contributed by atoms with Gasteiger partial charge in [0.15, 0.2) is 0 Å². The number of halogens is 1. The van der Waals surface area contributed by atoms with E-state index < -0.39 is 0 Å². The zero-order valence-corrected chi connectivity index (χ0v) is 10.7. The van der Waals surface area contributed by atoms with Crippen molar-refractivity contribution in [3.63, 3.8) is 0 Å². The highest BCUT2D eigenvalue weighted by Crippen LogP contribution is 2.11. The van der Waals surface area contributed by atoms with E-state index in [1.807, 2.05) is 4.90 Å². The minimum absolute atomic E-state index is 0.0225. The summed E-state index contributed by atoms with van der Waals surface area (Å²) in [5, 5.41) is 4.75. The Bertz CT molecular complexity index is 380. The molecule has 2 rings (SSSR count). The van der Waals surface area contributed by atoms with Gasteiger partial charge in [-0.15, -0.1) is 0 Å². The molecule has 2 heterocycles. The Morgan fingerprint density at radius 3 is 3.19 bits per heavy atom. The van der Waals surface area contributed by atoms with Crippen LogP contribution in [0.15, 0.2) is 12.3 Å². The van der Waals surface area contributed by atoms with E-state index in [0.717, 1.165) is 5.33 Å². The van der Waals surface area contributed by atoms with E-state index in [1.54, 1.807) is 24.0 Å². The predicted octanol–water partition coefficient (Wildman–Crippen LogP) is 0.656. The minimum atomic E-state index is 0.0225. The van der Waals surface area contributed by atoms with Gasteiger partial charge in [-0.05, 0) is 6.07 Å². The van der Waals surface area contributed by atoms with Crippen LogP contribution >= 0.6 is 15.9 Å². The second-order valence-electron chi connectivity index (χ2n) is 3.74. The maximum absolute atomic E-state index is 12.1. The minimum Gasteiger partial charge on any atom is -0.374 e. The molecule has 0 aromatic carbocycles. The standard InChI is InChI=1S/C10H14BrN3O2/c1-13-9(2-3-12-13)10(15)14-4-5-16-8(6-11)7-14/h2-3,8H,4-7H2,1H3. The van der Waals surface area contributed by atoms with E-state index in [1.165, 1.54) is 0 Å². The number of amides is 1. The second-order valence-corrected chi connectivity index (χ2v) is 4.39. The van der Waals surface area contributed by atoms with Crippen LogP contribution in [0.25, 0.3) is 0 Å². The Hall–Kier alpha value is -0.880. The number of hydrogen-bond donors (Lipinski definition) is 0. The molecule has 1 atom stereocenters. The number of ether oxygens (including phenoxy) is 1. The first kappa shape index (κ1) is 11.6. The third-order valence-electron chi connectivity index (χ3n) is 2.64. The molecule has 1 amide bonds. The maximum atomic E-state index is 12.1. The van der Waals surface area contributed by atoms with E-state index in [-0.39, 0.29) is 12.0 Å². The smallest absolute Gasteiger partial charge is 0.272 e. The molecule has 0 saturated carbocycles. The molecule has 1 aliphatic rings. The Morgan fingerprint density at radius 1 is 1.75 bits per heavy atom. The van der Waals surface area contributed by atoms with E-state index in [9.17, 15) is 4.79 Å². The van der Waals surface area contributed by atoms with Crippen molar-refractivity contribution in [1.29, 1.82) is 0 Å². The summed E-state index contributed by atoms with van der Waals surface area (Å²) in [7, 11) is 1.77. The van der Waals surface area contributed by atoms with E-state index in [4.69, 9.17) is 4.74 Å². The van der Waals surface area contributed by atoms with Crippen LogP contribution in [0.3, 0.4) is 0 Å². The lowest BCUT2D eigenvalue weighted by Crippen LogP contribution is -2.46. The molecule has 1 aromatic rings. The third-order valence-corrected chi connectivity index (χ3v) is 3.36. The molecule has 0 aliphatic carbocycles. The van der Waals surface area contributed by atoms with Gasteiger partial charge in [-0.3, -0.25) is 9.48 Å². The van der Waals surface area contributed by atoms with Gasteiger partial charge in [0.1, 0.15) is 5.69 Å². The highest BCUT2D eigenvalue weighted by Gasteiger charge is 2.25. The summed E-state index contributed by atoms with van der Waals surface area (Å²) in [6.45, 7) is 1.88. The molecule has 16 heavy (non-hydrogen) atoms. The van der Waals surface area contributed by atoms with Gasteiger partial charge >= 0.3 is 0 Å². The molecule has 5 nitrogen and oxygen atoms in total. The normalized spacial score (nSPS) is 21.1. The first-order valence-corrected chi connectivity index (χ1v) is 6.29. The summed E-state index contributed by atoms with van der Waals surface area (Å²) >= 11 is 3.37. The van der Waals surface area contributed by atoms with E-state index in [0.29, 0.717) is 25.4 Å². The van der Waals surface area contributed by atoms with Crippen molar-refractivity contribution >= 4 is 21.8 Å². The second kappa shape index (κ2) is 4.97. The monoisotopic (exact) mass is 287 g/mol. The highest BCUT2D eigenvalue weighted by atomic mass is 79.9. The molecule has 1 aliphatic heterocycles. The number of morpholine rings is 1. The maximum Gasteiger partial charge on any atom is 0.272 e. The lowest BCUT2D eigenvalue weighted by Gasteiger charge is -2.32. The van der Waals surface area contributed by atoms with Crippen molar-refractivity contribution in [1.82, 2.24) is 14.7 Å². The number of aromatic nitrogens is 2. The first-order chi connectivity index (χ1) is 7.72. The third kappa shape index (κ3) is 2.27. The fourth-order valence-corrected chi connectivity index (χ4v) is 2.13. The summed E-state index contributed by atoms with van der Waals surface area (Å²) in [4.78, 5) is 13.9. The van der Waals surface area contributed by atoms with Crippen molar-refractivity contribution in [2.45, 2.75) is 6.10 Å². The van der Waals surface area contributed by atoms with Crippen LogP contribution in [0.2, 0.25) is 0 Å². The van der Waals surface area contributed by atoms with Gasteiger partial charge in [0.2, 0.25) is 0 Å². The first-order valence-electron chi connectivity index (χ1n) is 5.17. The molecule has 6 heteroatoms. The average molecular weight is 288 g/mol. The highest BCUT2D eigenvalue weighted by molar-refractivity contribution is 9.09. The molecule has 1 fully saturated rings. The molecule has 1 saturated heterocycles. The SMILES string of the molecule is Cn1nccc1C(=O)N1CCOC(CBr)C1. The molecular weight excluding hydrogens is 274 g/mol. The van der Waals surface area contributed by atoms with Gasteiger partial charge in [0.25, 0.3) is 5.91 Å². The summed E-state index contributed by atoms with van der Waals surface area (Å²) < 4.78 is 7.09. The summed E-state index contributed by atoms with van der Waals surface area (Å²) in [5.74, 6) is 0.0225. The number of carbonyl (C=O) groups is 1. The van der Waals surface area contributed by atoms with Gasteiger partial charge in [-0.1, -0.05) is 15.9 Å². The number of hydrogen-bond acceptors (Lipinski definition) is 3. The number of aryl methyl sites for hydroxylation is 1. The van der Waals surface area contributed by atoms with Crippen LogP contribution in [-0.2, 0) is 11.8 Å². The Labute approximate surface area is 102 Å². The van der Waals surface area contributed by atoms with Gasteiger partial charge in [0, 0.05) is 31.7 Å². The van der Waals surface area contributed by atoms with Crippen LogP contribution in [0.5, 0.6) is 0 Å². The van der Waals surface area contributed by atoms with E-state index >= 15 is 0 Å². The number of carbonyl (C=O) groups excluding carboxylic acids is 1. The largest absolute Gasteiger partial charge is 0.374 e. The number of rotatable bonds is 2. The van der Waals surface area contributed by atoms with Crippen molar-refractivity contribution in [3.8, 4) is 0 Å². The van der Waals surface area contributed by atoms with Crippen molar-refractivity contribution in [2.75, 3.05) is 25.0 Å². The molecule has 1 aromatic heterocycles. The fraction of sp³-hybridized carbons (Fsp3) is 0.600. The van der Waals surface area contributed by atoms with Crippen LogP contribution in [-0.4, -0.2) is 51.7 Å². The fourth-order valence-electron chi connectivity index (χ4n) is 1.74. The topological polar surface area (TPSA) is 47.4 Å². The van der Waals surface area contributed by atoms with Crippen molar-refractivity contribution in [2.24, 2.45) is 7.05 Å². The quantitative estimate of drug-likeness (QED) is 0.751. The Morgan fingerprint density at radius 2 is 2.56 bits per heavy atom. The zero-order chi connectivity index (χ0) is 11.5. The lowest BCUT2D eigenvalue weighted by atomic mass is 10.2. The predicted molar refractivity (Wildman–Crippen MR) is 62.6 cm³/mol. The van der Waals surface area contributed by atoms with Gasteiger partial charge in [-0.2, -0.15) is 5.10 Å². The molecule has 0 bridgehead atoms. The van der Waals surface area contributed by atoms with Gasteiger partial charge in [-0.25, -0.2) is 0 Å². The summed E-state index contributed by atoms with van der Waals surface area (Å²) in [5.41, 5.74) is 0.621. The van der Waals surface area contributed by atoms with Crippen molar-refractivity contribution < 1.29 is 9.53 Å². The number of alkyl halides is 1. The molecule has 0 spiro atoms. The van der Waals surface area contributed by atoms with Crippen LogP contribution < -0.4 is 0 Å². The van der Waals surface area contributed by atoms with Gasteiger partial charge < -0.3 is 9.64 Å². The van der Waals surface area contributed by atoms with Gasteiger partial charge in [0.05, 0.1) is 12.7 Å². The zero-order valence-electron chi connectivity index (χ0n) is 9.10. The van der Waals surface area contributed by atoms with Crippen LogP contribution in [0.1, 0.15) is 10.5 Å². The summed E-state index contributed by atoms with van der Waals surface area (Å²) in [6, 6.07) is 1.74. The molecule has 0 radical (unpaired) electrons.